The molecule has 1 aromatic rings. The lowest BCUT2D eigenvalue weighted by Crippen LogP contribution is -2.49. The van der Waals surface area contributed by atoms with Gasteiger partial charge in [-0.2, -0.15) is 0 Å². The second-order valence-corrected chi connectivity index (χ2v) is 17.2. The summed E-state index contributed by atoms with van der Waals surface area (Å²) < 4.78 is 31.6. The quantitative estimate of drug-likeness (QED) is 0.194. The molecular weight excluding hydrogens is 469 g/mol. The number of unbranched alkanes of at least 4 members (excludes halogenated alkanes) is 4. The SMILES string of the molecule is CCCC[C@H]1CN2CCc3cc(OC)c(O[Si](C)(C)C(C)(C)C)cc3[C@@H]2C[C@@H]1OCCCCCC[19F]. The summed E-state index contributed by atoms with van der Waals surface area (Å²) in [6, 6.07) is 4.90. The number of hydrogen-bond donors (Lipinski definition) is 0. The third-order valence-corrected chi connectivity index (χ3v) is 13.1. The predicted molar refractivity (Wildman–Crippen MR) is 151 cm³/mol. The van der Waals surface area contributed by atoms with E-state index >= 15 is 0 Å². The zero-order valence-electron chi connectivity index (χ0n) is 24.1. The minimum atomic E-state index is -2.00. The molecule has 2 aliphatic heterocycles. The van der Waals surface area contributed by atoms with E-state index in [4.69, 9.17) is 13.9 Å². The van der Waals surface area contributed by atoms with Gasteiger partial charge >= 0.3 is 0 Å². The summed E-state index contributed by atoms with van der Waals surface area (Å²) in [7, 11) is -0.239. The molecular formula is C30H52FNO3Si. The molecule has 3 rings (SSSR count). The van der Waals surface area contributed by atoms with Gasteiger partial charge in [-0.3, -0.25) is 9.29 Å². The maximum Gasteiger partial charge on any atom is 0.250 e. The minimum absolute atomic E-state index is 0.125. The number of piperidine rings is 1. The summed E-state index contributed by atoms with van der Waals surface area (Å²) >= 11 is 0. The van der Waals surface area contributed by atoms with Crippen molar-refractivity contribution < 1.29 is 18.3 Å². The average molecular weight is 522 g/mol. The lowest BCUT2D eigenvalue weighted by Gasteiger charge is -2.47. The Labute approximate surface area is 221 Å². The van der Waals surface area contributed by atoms with E-state index < -0.39 is 8.32 Å². The molecule has 6 heteroatoms. The minimum Gasteiger partial charge on any atom is -0.541 e. The number of alkyl halides is 1. The van der Waals surface area contributed by atoms with Gasteiger partial charge in [0.15, 0.2) is 5.75 Å². The zero-order chi connectivity index (χ0) is 26.3. The fraction of sp³-hybridized carbons (Fsp3) is 0.800. The fourth-order valence-electron chi connectivity index (χ4n) is 5.49. The van der Waals surface area contributed by atoms with Gasteiger partial charge in [0.05, 0.1) is 19.9 Å². The van der Waals surface area contributed by atoms with Gasteiger partial charge in [0, 0.05) is 25.7 Å². The molecule has 1 saturated heterocycles. The van der Waals surface area contributed by atoms with Gasteiger partial charge in [-0.25, -0.2) is 0 Å². The molecule has 0 saturated carbocycles. The van der Waals surface area contributed by atoms with Crippen LogP contribution >= 0.6 is 0 Å². The number of methoxy groups -OCH3 is 1. The molecule has 0 radical (unpaired) electrons. The van der Waals surface area contributed by atoms with E-state index in [-0.39, 0.29) is 17.8 Å². The summed E-state index contributed by atoms with van der Waals surface area (Å²) in [5.41, 5.74) is 2.80. The maximum atomic E-state index is 12.4. The molecule has 0 spiro atoms. The summed E-state index contributed by atoms with van der Waals surface area (Å²) in [4.78, 5) is 2.70. The highest BCUT2D eigenvalue weighted by Crippen LogP contribution is 2.46. The summed E-state index contributed by atoms with van der Waals surface area (Å²) in [5, 5.41) is 0.125. The molecule has 0 bridgehead atoms. The molecule has 1 aromatic carbocycles. The first kappa shape index (κ1) is 29.4. The Morgan fingerprint density at radius 1 is 1.06 bits per heavy atom. The first-order valence-corrected chi connectivity index (χ1v) is 17.3. The molecule has 1 fully saturated rings. The highest BCUT2D eigenvalue weighted by molar-refractivity contribution is 6.74. The normalized spacial score (nSPS) is 22.7. The van der Waals surface area contributed by atoms with Crippen LogP contribution in [0.4, 0.5) is 4.39 Å². The highest BCUT2D eigenvalue weighted by atomic mass is 28.4. The number of fused-ring (bicyclic) bond motifs is 3. The molecule has 0 N–H and O–H groups in total. The predicted octanol–water partition coefficient (Wildman–Crippen LogP) is 8.10. The Morgan fingerprint density at radius 3 is 2.47 bits per heavy atom. The Balaban J connectivity index is 1.81. The average Bonchev–Trinajstić information content (AvgIpc) is 2.83. The summed E-state index contributed by atoms with van der Waals surface area (Å²) in [6.07, 6.45) is 9.85. The molecule has 0 unspecified atom stereocenters. The smallest absolute Gasteiger partial charge is 0.250 e. The summed E-state index contributed by atoms with van der Waals surface area (Å²) in [5.74, 6) is 2.36. The van der Waals surface area contributed by atoms with Crippen molar-refractivity contribution in [1.29, 1.82) is 0 Å². The van der Waals surface area contributed by atoms with Crippen molar-refractivity contribution in [3.63, 3.8) is 0 Å². The third-order valence-electron chi connectivity index (χ3n) is 8.80. The standard InChI is InChI=1S/C30H52FNO3Si/c1-8-9-14-24-22-32-17-15-23-19-28(33-5)29(35-36(6,7)30(2,3)4)20-25(23)26(32)21-27(24)34-18-13-11-10-12-16-31/h19-20,24,26-27H,8-18,21-22H2,1-7H3/t24-,26-,27-/m0/s1/i31+0. The molecule has 3 atom stereocenters. The van der Waals surface area contributed by atoms with Gasteiger partial charge in [0.1, 0.15) is 5.75 Å². The summed E-state index contributed by atoms with van der Waals surface area (Å²) in [6.45, 7) is 16.5. The molecule has 36 heavy (non-hydrogen) atoms. The topological polar surface area (TPSA) is 30.9 Å². The van der Waals surface area contributed by atoms with Crippen LogP contribution < -0.4 is 9.16 Å². The van der Waals surface area contributed by atoms with Crippen molar-refractivity contribution in [2.75, 3.05) is 33.5 Å². The van der Waals surface area contributed by atoms with Crippen molar-refractivity contribution in [2.24, 2.45) is 5.92 Å². The van der Waals surface area contributed by atoms with Crippen LogP contribution in [0.15, 0.2) is 12.1 Å². The van der Waals surface area contributed by atoms with Gasteiger partial charge in [0.25, 0.3) is 8.32 Å². The van der Waals surface area contributed by atoms with Gasteiger partial charge in [-0.1, -0.05) is 53.4 Å². The second kappa shape index (κ2) is 13.1. The van der Waals surface area contributed by atoms with Crippen LogP contribution in [0.5, 0.6) is 11.5 Å². The van der Waals surface area contributed by atoms with Crippen molar-refractivity contribution in [3.05, 3.63) is 23.3 Å². The number of nitrogens with zero attached hydrogens (tertiary/aromatic N) is 1. The Hall–Kier alpha value is -1.11. The zero-order valence-corrected chi connectivity index (χ0v) is 25.1. The molecule has 2 heterocycles. The van der Waals surface area contributed by atoms with Gasteiger partial charge in [0.2, 0.25) is 0 Å². The van der Waals surface area contributed by atoms with Crippen molar-refractivity contribution >= 4 is 8.32 Å². The van der Waals surface area contributed by atoms with Crippen LogP contribution in [0, 0.1) is 5.92 Å². The number of ether oxygens (including phenoxy) is 2. The third kappa shape index (κ3) is 7.26. The highest BCUT2D eigenvalue weighted by Gasteiger charge is 2.42. The van der Waals surface area contributed by atoms with Crippen LogP contribution in [0.25, 0.3) is 0 Å². The monoisotopic (exact) mass is 521 g/mol. The first-order valence-electron chi connectivity index (χ1n) is 14.4. The van der Waals surface area contributed by atoms with Crippen molar-refractivity contribution in [3.8, 4) is 11.5 Å². The lowest BCUT2D eigenvalue weighted by molar-refractivity contribution is -0.0621. The number of rotatable bonds is 13. The van der Waals surface area contributed by atoms with E-state index in [2.05, 4.69) is 57.8 Å². The van der Waals surface area contributed by atoms with Crippen LogP contribution in [-0.2, 0) is 11.2 Å². The Bertz CT molecular complexity index is 825. The fourth-order valence-corrected chi connectivity index (χ4v) is 6.50. The Morgan fingerprint density at radius 2 is 1.81 bits per heavy atom. The molecule has 0 amide bonds. The first-order chi connectivity index (χ1) is 17.1. The lowest BCUT2D eigenvalue weighted by atomic mass is 9.80. The molecule has 206 valence electrons. The van der Waals surface area contributed by atoms with Gasteiger partial charge in [-0.05, 0) is 79.4 Å². The molecule has 4 nitrogen and oxygen atoms in total. The van der Waals surface area contributed by atoms with E-state index in [1.165, 1.54) is 30.4 Å². The number of hydrogen-bond acceptors (Lipinski definition) is 4. The van der Waals surface area contributed by atoms with Gasteiger partial charge in [-0.15, -0.1) is 0 Å². The Kier molecular flexibility index (Phi) is 10.7. The van der Waals surface area contributed by atoms with Crippen LogP contribution in [0.3, 0.4) is 0 Å². The molecule has 0 aromatic heterocycles. The maximum absolute atomic E-state index is 12.4. The van der Waals surface area contributed by atoms with Crippen LogP contribution in [0.1, 0.15) is 96.2 Å². The van der Waals surface area contributed by atoms with Crippen molar-refractivity contribution in [2.45, 2.75) is 116 Å². The van der Waals surface area contributed by atoms with Gasteiger partial charge < -0.3 is 13.9 Å². The van der Waals surface area contributed by atoms with Crippen LogP contribution in [-0.4, -0.2) is 52.8 Å². The largest absolute Gasteiger partial charge is 0.541 e. The second-order valence-electron chi connectivity index (χ2n) is 12.5. The van der Waals surface area contributed by atoms with E-state index in [1.807, 2.05) is 0 Å². The number of halogens is 1. The van der Waals surface area contributed by atoms with Crippen molar-refractivity contribution in [1.82, 2.24) is 4.90 Å². The van der Waals surface area contributed by atoms with E-state index in [0.29, 0.717) is 18.4 Å². The van der Waals surface area contributed by atoms with E-state index in [0.717, 1.165) is 63.3 Å². The van der Waals surface area contributed by atoms with E-state index in [1.54, 1.807) is 7.11 Å². The number of benzene rings is 1. The van der Waals surface area contributed by atoms with Crippen LogP contribution in [0.2, 0.25) is 18.1 Å². The molecule has 0 aliphatic carbocycles. The molecule has 2 aliphatic rings. The van der Waals surface area contributed by atoms with E-state index in [9.17, 15) is 4.39 Å².